The van der Waals surface area contributed by atoms with Crippen molar-refractivity contribution >= 4 is 5.91 Å². The van der Waals surface area contributed by atoms with Crippen LogP contribution in [0.3, 0.4) is 0 Å². The minimum Gasteiger partial charge on any atom is -0.388 e. The van der Waals surface area contributed by atoms with E-state index in [2.05, 4.69) is 10.9 Å². The molecule has 0 spiro atoms. The molecule has 0 radical (unpaired) electrons. The van der Waals surface area contributed by atoms with E-state index in [9.17, 15) is 20.1 Å². The Labute approximate surface area is 109 Å². The maximum absolute atomic E-state index is 11.7. The lowest BCUT2D eigenvalue weighted by atomic mass is 10.1. The normalized spacial score (nSPS) is 30.9. The Morgan fingerprint density at radius 1 is 1.16 bits per heavy atom. The fraction of sp³-hybridized carbons (Fsp3) is 0.417. The predicted molar refractivity (Wildman–Crippen MR) is 64.8 cm³/mol. The molecule has 0 unspecified atom stereocenters. The van der Waals surface area contributed by atoms with E-state index in [-0.39, 0.29) is 6.61 Å². The number of hydrazine groups is 1. The third-order valence-electron chi connectivity index (χ3n) is 2.86. The summed E-state index contributed by atoms with van der Waals surface area (Å²) in [6, 6.07) is 8.50. The number of nitrogens with one attached hydrogen (secondary N) is 2. The lowest BCUT2D eigenvalue weighted by molar-refractivity contribution is -0.197. The first-order valence-corrected chi connectivity index (χ1v) is 5.86. The number of hydrogen-bond acceptors (Lipinski definition) is 6. The Bertz CT molecular complexity index is 427. The minimum atomic E-state index is -1.33. The van der Waals surface area contributed by atoms with Gasteiger partial charge in [-0.3, -0.25) is 10.2 Å². The van der Waals surface area contributed by atoms with E-state index >= 15 is 0 Å². The Morgan fingerprint density at radius 2 is 1.84 bits per heavy atom. The van der Waals surface area contributed by atoms with Gasteiger partial charge >= 0.3 is 0 Å². The third-order valence-corrected chi connectivity index (χ3v) is 2.86. The predicted octanol–water partition coefficient (Wildman–Crippen LogP) is -1.64. The summed E-state index contributed by atoms with van der Waals surface area (Å²) in [5, 5.41) is 28.4. The summed E-state index contributed by atoms with van der Waals surface area (Å²) in [7, 11) is 0. The van der Waals surface area contributed by atoms with Crippen molar-refractivity contribution in [2.24, 2.45) is 0 Å². The molecule has 0 aromatic heterocycles. The molecule has 2 rings (SSSR count). The number of rotatable bonds is 3. The molecule has 1 fully saturated rings. The number of hydrogen-bond donors (Lipinski definition) is 5. The van der Waals surface area contributed by atoms with Gasteiger partial charge in [-0.25, -0.2) is 5.43 Å². The lowest BCUT2D eigenvalue weighted by Gasteiger charge is -2.35. The van der Waals surface area contributed by atoms with Gasteiger partial charge < -0.3 is 20.1 Å². The van der Waals surface area contributed by atoms with Gasteiger partial charge in [0.15, 0.2) is 6.23 Å². The molecule has 1 aliphatic rings. The molecule has 19 heavy (non-hydrogen) atoms. The zero-order valence-corrected chi connectivity index (χ0v) is 10.1. The highest BCUT2D eigenvalue weighted by Crippen LogP contribution is 2.13. The molecule has 1 aromatic rings. The molecular formula is C12H16N2O5. The molecule has 1 aromatic carbocycles. The van der Waals surface area contributed by atoms with Gasteiger partial charge in [0.2, 0.25) is 0 Å². The average Bonchev–Trinajstić information content (AvgIpc) is 2.45. The van der Waals surface area contributed by atoms with Crippen molar-refractivity contribution in [3.8, 4) is 0 Å². The van der Waals surface area contributed by atoms with E-state index < -0.39 is 30.4 Å². The van der Waals surface area contributed by atoms with Crippen LogP contribution in [0.1, 0.15) is 10.4 Å². The largest absolute Gasteiger partial charge is 0.388 e. The fourth-order valence-corrected chi connectivity index (χ4v) is 1.73. The van der Waals surface area contributed by atoms with Crippen LogP contribution in [0.4, 0.5) is 0 Å². The highest BCUT2D eigenvalue weighted by atomic mass is 16.5. The number of aliphatic hydroxyl groups excluding tert-OH is 3. The number of aliphatic hydroxyl groups is 3. The van der Waals surface area contributed by atoms with E-state index in [4.69, 9.17) is 4.74 Å². The van der Waals surface area contributed by atoms with E-state index in [0.29, 0.717) is 5.56 Å². The standard InChI is InChI=1S/C12H16N2O5/c15-8-6-19-12(10(17)9(8)16)14-13-11(18)7-4-2-1-3-5-7/h1-5,8-10,12,14-17H,6H2,(H,13,18)/t8-,9+,10-,12+/m1/s1. The van der Waals surface area contributed by atoms with Crippen molar-refractivity contribution in [3.63, 3.8) is 0 Å². The molecule has 0 aliphatic carbocycles. The molecule has 1 heterocycles. The molecule has 1 saturated heterocycles. The molecule has 0 bridgehead atoms. The van der Waals surface area contributed by atoms with E-state index in [1.165, 1.54) is 0 Å². The summed E-state index contributed by atoms with van der Waals surface area (Å²) in [5.41, 5.74) is 5.29. The van der Waals surface area contributed by atoms with Gasteiger partial charge in [0, 0.05) is 5.56 Å². The molecule has 1 aliphatic heterocycles. The molecule has 5 N–H and O–H groups in total. The quantitative estimate of drug-likeness (QED) is 0.420. The van der Waals surface area contributed by atoms with Crippen molar-refractivity contribution in [2.45, 2.75) is 24.5 Å². The van der Waals surface area contributed by atoms with Crippen molar-refractivity contribution < 1.29 is 24.9 Å². The number of carbonyl (C=O) groups is 1. The molecule has 1 amide bonds. The number of amides is 1. The molecule has 104 valence electrons. The van der Waals surface area contributed by atoms with Crippen molar-refractivity contribution in [1.82, 2.24) is 10.9 Å². The molecule has 7 nitrogen and oxygen atoms in total. The second-order valence-corrected chi connectivity index (χ2v) is 4.27. The maximum atomic E-state index is 11.7. The van der Waals surface area contributed by atoms with Crippen LogP contribution < -0.4 is 10.9 Å². The molecule has 4 atom stereocenters. The Morgan fingerprint density at radius 3 is 2.53 bits per heavy atom. The summed E-state index contributed by atoms with van der Waals surface area (Å²) < 4.78 is 5.07. The minimum absolute atomic E-state index is 0.128. The smallest absolute Gasteiger partial charge is 0.265 e. The first-order chi connectivity index (χ1) is 9.09. The number of benzene rings is 1. The van der Waals surface area contributed by atoms with Gasteiger partial charge in [0.05, 0.1) is 6.61 Å². The zero-order valence-electron chi connectivity index (χ0n) is 10.1. The third kappa shape index (κ3) is 3.28. The monoisotopic (exact) mass is 268 g/mol. The highest BCUT2D eigenvalue weighted by molar-refractivity contribution is 5.93. The fourth-order valence-electron chi connectivity index (χ4n) is 1.73. The Balaban J connectivity index is 1.87. The Kier molecular flexibility index (Phi) is 4.46. The van der Waals surface area contributed by atoms with Crippen molar-refractivity contribution in [3.05, 3.63) is 35.9 Å². The van der Waals surface area contributed by atoms with Crippen LogP contribution in [0.2, 0.25) is 0 Å². The van der Waals surface area contributed by atoms with Gasteiger partial charge in [-0.15, -0.1) is 0 Å². The number of ether oxygens (including phenoxy) is 1. The SMILES string of the molecule is O=C(NN[C@H]1OC[C@@H](O)[C@H](O)[C@H]1O)c1ccccc1. The van der Waals surface area contributed by atoms with Crippen LogP contribution in [0.15, 0.2) is 30.3 Å². The molecule has 0 saturated carbocycles. The summed E-state index contributed by atoms with van der Waals surface area (Å²) in [6.07, 6.45) is -4.77. The summed E-state index contributed by atoms with van der Waals surface area (Å²) in [4.78, 5) is 11.7. The first-order valence-electron chi connectivity index (χ1n) is 5.86. The van der Waals surface area contributed by atoms with Gasteiger partial charge in [0.25, 0.3) is 5.91 Å². The van der Waals surface area contributed by atoms with Crippen molar-refractivity contribution in [2.75, 3.05) is 6.61 Å². The lowest BCUT2D eigenvalue weighted by Crippen LogP contribution is -2.61. The van der Waals surface area contributed by atoms with Crippen LogP contribution >= 0.6 is 0 Å². The van der Waals surface area contributed by atoms with Crippen LogP contribution in [0.25, 0.3) is 0 Å². The molecular weight excluding hydrogens is 252 g/mol. The van der Waals surface area contributed by atoms with Crippen LogP contribution in [0.5, 0.6) is 0 Å². The molecule has 7 heteroatoms. The first kappa shape index (κ1) is 13.9. The van der Waals surface area contributed by atoms with Crippen molar-refractivity contribution in [1.29, 1.82) is 0 Å². The van der Waals surface area contributed by atoms with Gasteiger partial charge in [-0.2, -0.15) is 0 Å². The number of carbonyl (C=O) groups excluding carboxylic acids is 1. The van der Waals surface area contributed by atoms with Gasteiger partial charge in [-0.05, 0) is 12.1 Å². The van der Waals surface area contributed by atoms with Crippen LogP contribution in [0, 0.1) is 0 Å². The summed E-state index contributed by atoms with van der Waals surface area (Å²) in [6.45, 7) is -0.128. The summed E-state index contributed by atoms with van der Waals surface area (Å²) >= 11 is 0. The van der Waals surface area contributed by atoms with E-state index in [1.54, 1.807) is 30.3 Å². The summed E-state index contributed by atoms with van der Waals surface area (Å²) in [5.74, 6) is -0.392. The van der Waals surface area contributed by atoms with E-state index in [0.717, 1.165) is 0 Å². The highest BCUT2D eigenvalue weighted by Gasteiger charge is 2.37. The second kappa shape index (κ2) is 6.09. The van der Waals surface area contributed by atoms with E-state index in [1.807, 2.05) is 0 Å². The van der Waals surface area contributed by atoms with Crippen LogP contribution in [-0.2, 0) is 4.74 Å². The van der Waals surface area contributed by atoms with Crippen LogP contribution in [-0.4, -0.2) is 52.4 Å². The average molecular weight is 268 g/mol. The topological polar surface area (TPSA) is 111 Å². The second-order valence-electron chi connectivity index (χ2n) is 4.27. The zero-order chi connectivity index (χ0) is 13.8. The maximum Gasteiger partial charge on any atom is 0.265 e. The van der Waals surface area contributed by atoms with Gasteiger partial charge in [0.1, 0.15) is 18.3 Å². The Hall–Kier alpha value is -1.51. The van der Waals surface area contributed by atoms with Gasteiger partial charge in [-0.1, -0.05) is 18.2 Å².